The van der Waals surface area contributed by atoms with Crippen LogP contribution in [0.1, 0.15) is 35.1 Å². The first-order valence-corrected chi connectivity index (χ1v) is 7.62. The molecule has 21 heavy (non-hydrogen) atoms. The minimum absolute atomic E-state index is 0.0352. The molecule has 2 aliphatic rings. The Hall–Kier alpha value is -2.12. The lowest BCUT2D eigenvalue weighted by Gasteiger charge is -2.37. The van der Waals surface area contributed by atoms with Gasteiger partial charge in [-0.05, 0) is 35.1 Å². The lowest BCUT2D eigenvalue weighted by atomic mass is 9.66. The fourth-order valence-electron chi connectivity index (χ4n) is 3.73. The van der Waals surface area contributed by atoms with Gasteiger partial charge in [-0.25, -0.2) is 0 Å². The second kappa shape index (κ2) is 4.71. The summed E-state index contributed by atoms with van der Waals surface area (Å²) in [5.74, 6) is 0. The first kappa shape index (κ1) is 12.6. The fourth-order valence-corrected chi connectivity index (χ4v) is 3.73. The molecule has 0 saturated carbocycles. The van der Waals surface area contributed by atoms with Gasteiger partial charge in [-0.3, -0.25) is 0 Å². The molecule has 0 saturated heterocycles. The molecule has 0 aliphatic heterocycles. The van der Waals surface area contributed by atoms with Crippen LogP contribution in [0.4, 0.5) is 0 Å². The largest absolute Gasteiger partial charge is 0.324 e. The van der Waals surface area contributed by atoms with Gasteiger partial charge in [0.2, 0.25) is 0 Å². The number of allylic oxidation sites excluding steroid dienone is 1. The van der Waals surface area contributed by atoms with Crippen LogP contribution in [0.3, 0.4) is 0 Å². The molecule has 1 spiro atoms. The van der Waals surface area contributed by atoms with Gasteiger partial charge in [-0.15, -0.1) is 0 Å². The van der Waals surface area contributed by atoms with Crippen LogP contribution in [0.15, 0.2) is 60.7 Å². The molecule has 0 bridgehead atoms. The van der Waals surface area contributed by atoms with E-state index in [1.54, 1.807) is 0 Å². The molecule has 2 aromatic carbocycles. The lowest BCUT2D eigenvalue weighted by molar-refractivity contribution is 0.498. The molecule has 1 nitrogen and oxygen atoms in total. The Bertz CT molecular complexity index is 690. The number of fused-ring (bicyclic) bond motifs is 4. The molecular formula is C20H19N. The summed E-state index contributed by atoms with van der Waals surface area (Å²) in [7, 11) is 0. The Labute approximate surface area is 125 Å². The van der Waals surface area contributed by atoms with Gasteiger partial charge in [-0.2, -0.15) is 0 Å². The summed E-state index contributed by atoms with van der Waals surface area (Å²) in [5, 5.41) is 0. The molecule has 1 heteroatoms. The van der Waals surface area contributed by atoms with Crippen LogP contribution < -0.4 is 5.73 Å². The van der Waals surface area contributed by atoms with E-state index < -0.39 is 0 Å². The van der Waals surface area contributed by atoms with Crippen LogP contribution in [0, 0.1) is 0 Å². The van der Waals surface area contributed by atoms with Crippen LogP contribution in [-0.2, 0) is 5.41 Å². The number of nitrogens with two attached hydrogens (primary N) is 1. The number of benzene rings is 2. The predicted octanol–water partition coefficient (Wildman–Crippen LogP) is 4.13. The second-order valence-electron chi connectivity index (χ2n) is 6.04. The summed E-state index contributed by atoms with van der Waals surface area (Å²) in [6.07, 6.45) is 11.1. The zero-order valence-corrected chi connectivity index (χ0v) is 12.0. The van der Waals surface area contributed by atoms with E-state index in [-0.39, 0.29) is 11.5 Å². The Morgan fingerprint density at radius 3 is 1.95 bits per heavy atom. The third-order valence-corrected chi connectivity index (χ3v) is 4.83. The molecule has 0 radical (unpaired) electrons. The Balaban J connectivity index is 2.05. The molecule has 0 heterocycles. The Morgan fingerprint density at radius 1 is 0.857 bits per heavy atom. The average molecular weight is 273 g/mol. The van der Waals surface area contributed by atoms with Crippen LogP contribution >= 0.6 is 0 Å². The van der Waals surface area contributed by atoms with Crippen molar-refractivity contribution in [2.24, 2.45) is 5.73 Å². The molecule has 2 aromatic rings. The van der Waals surface area contributed by atoms with Gasteiger partial charge in [0.25, 0.3) is 0 Å². The van der Waals surface area contributed by atoms with Crippen LogP contribution in [-0.4, -0.2) is 6.04 Å². The predicted molar refractivity (Wildman–Crippen MR) is 88.9 cm³/mol. The van der Waals surface area contributed by atoms with Gasteiger partial charge in [0.05, 0.1) is 0 Å². The van der Waals surface area contributed by atoms with Crippen molar-refractivity contribution in [2.75, 3.05) is 0 Å². The molecule has 104 valence electrons. The Kier molecular flexibility index (Phi) is 2.83. The smallest absolute Gasteiger partial charge is 0.0395 e. The van der Waals surface area contributed by atoms with Crippen molar-refractivity contribution in [3.05, 3.63) is 82.9 Å². The minimum Gasteiger partial charge on any atom is -0.324 e. The van der Waals surface area contributed by atoms with Gasteiger partial charge in [0.15, 0.2) is 0 Å². The second-order valence-corrected chi connectivity index (χ2v) is 6.04. The average Bonchev–Trinajstić information content (AvgIpc) is 2.67. The van der Waals surface area contributed by atoms with Crippen LogP contribution in [0.5, 0.6) is 0 Å². The highest BCUT2D eigenvalue weighted by molar-refractivity contribution is 5.78. The zero-order valence-electron chi connectivity index (χ0n) is 12.0. The topological polar surface area (TPSA) is 26.0 Å². The lowest BCUT2D eigenvalue weighted by Crippen LogP contribution is -2.34. The first-order valence-electron chi connectivity index (χ1n) is 7.62. The van der Waals surface area contributed by atoms with E-state index in [1.165, 1.54) is 22.3 Å². The Morgan fingerprint density at radius 2 is 1.43 bits per heavy atom. The van der Waals surface area contributed by atoms with Gasteiger partial charge >= 0.3 is 0 Å². The molecule has 1 atom stereocenters. The summed E-state index contributed by atoms with van der Waals surface area (Å²) in [4.78, 5) is 0. The van der Waals surface area contributed by atoms with E-state index >= 15 is 0 Å². The maximum atomic E-state index is 6.10. The molecule has 0 amide bonds. The van der Waals surface area contributed by atoms with Crippen LogP contribution in [0.2, 0.25) is 0 Å². The van der Waals surface area contributed by atoms with Crippen LogP contribution in [0.25, 0.3) is 12.2 Å². The number of hydrogen-bond donors (Lipinski definition) is 1. The molecule has 4 rings (SSSR count). The highest BCUT2D eigenvalue weighted by Crippen LogP contribution is 2.45. The van der Waals surface area contributed by atoms with Crippen molar-refractivity contribution in [3.63, 3.8) is 0 Å². The third-order valence-electron chi connectivity index (χ3n) is 4.83. The van der Waals surface area contributed by atoms with Crippen molar-refractivity contribution in [1.29, 1.82) is 0 Å². The van der Waals surface area contributed by atoms with Gasteiger partial charge in [0, 0.05) is 11.5 Å². The minimum atomic E-state index is -0.0352. The molecule has 1 unspecified atom stereocenters. The van der Waals surface area contributed by atoms with E-state index in [0.29, 0.717) is 0 Å². The van der Waals surface area contributed by atoms with Gasteiger partial charge in [0.1, 0.15) is 0 Å². The van der Waals surface area contributed by atoms with Gasteiger partial charge in [-0.1, -0.05) is 72.8 Å². The van der Waals surface area contributed by atoms with Crippen molar-refractivity contribution < 1.29 is 0 Å². The monoisotopic (exact) mass is 273 g/mol. The van der Waals surface area contributed by atoms with Crippen molar-refractivity contribution >= 4 is 12.2 Å². The normalized spacial score (nSPS) is 21.7. The zero-order chi connectivity index (χ0) is 14.3. The summed E-state index contributed by atoms with van der Waals surface area (Å²) >= 11 is 0. The molecule has 0 aromatic heterocycles. The number of rotatable bonds is 0. The molecule has 2 aliphatic carbocycles. The highest BCUT2D eigenvalue weighted by atomic mass is 14.6. The summed E-state index contributed by atoms with van der Waals surface area (Å²) < 4.78 is 0. The summed E-state index contributed by atoms with van der Waals surface area (Å²) in [6, 6.07) is 17.7. The standard InChI is InChI=1S/C20H19N/c21-17-11-13-20(14-12-17)18-7-3-1-5-15(18)9-10-16-6-2-4-8-19(16)20/h1-11,13,17H,12,14,21H2. The van der Waals surface area contributed by atoms with E-state index in [0.717, 1.165) is 12.8 Å². The van der Waals surface area contributed by atoms with E-state index in [9.17, 15) is 0 Å². The SMILES string of the molecule is NC1C=CC2(CC1)c1ccccc1C=Cc1ccccc12. The third kappa shape index (κ3) is 1.89. The first-order chi connectivity index (χ1) is 10.3. The summed E-state index contributed by atoms with van der Waals surface area (Å²) in [6.45, 7) is 0. The van der Waals surface area contributed by atoms with Crippen molar-refractivity contribution in [1.82, 2.24) is 0 Å². The molecule has 2 N–H and O–H groups in total. The quantitative estimate of drug-likeness (QED) is 0.717. The highest BCUT2D eigenvalue weighted by Gasteiger charge is 2.37. The number of hydrogen-bond acceptors (Lipinski definition) is 1. The van der Waals surface area contributed by atoms with Crippen molar-refractivity contribution in [2.45, 2.75) is 24.3 Å². The maximum Gasteiger partial charge on any atom is 0.0395 e. The van der Waals surface area contributed by atoms with E-state index in [1.807, 2.05) is 0 Å². The molecular weight excluding hydrogens is 254 g/mol. The van der Waals surface area contributed by atoms with E-state index in [2.05, 4.69) is 72.8 Å². The molecule has 0 fully saturated rings. The maximum absolute atomic E-state index is 6.10. The summed E-state index contributed by atoms with van der Waals surface area (Å²) in [5.41, 5.74) is 11.5. The van der Waals surface area contributed by atoms with E-state index in [4.69, 9.17) is 5.73 Å². The fraction of sp³-hybridized carbons (Fsp3) is 0.200. The van der Waals surface area contributed by atoms with Gasteiger partial charge < -0.3 is 5.73 Å². The van der Waals surface area contributed by atoms with Crippen molar-refractivity contribution in [3.8, 4) is 0 Å².